The van der Waals surface area contributed by atoms with Crippen LogP contribution in [-0.4, -0.2) is 131 Å². The Morgan fingerprint density at radius 2 is 1.20 bits per heavy atom. The number of hydrogen-bond acceptors (Lipinski definition) is 12. The van der Waals surface area contributed by atoms with E-state index >= 15 is 0 Å². The van der Waals surface area contributed by atoms with E-state index in [1.54, 1.807) is 12.2 Å². The van der Waals surface area contributed by atoms with Crippen LogP contribution in [0, 0.1) is 47.3 Å². The lowest BCUT2D eigenvalue weighted by molar-refractivity contribution is -0.121. The van der Waals surface area contributed by atoms with Crippen molar-refractivity contribution in [1.29, 1.82) is 0 Å². The minimum Gasteiger partial charge on any atom is -0.413 e. The number of aliphatic hydroxyl groups excluding tert-OH is 7. The molecule has 0 unspecified atom stereocenters. The number of carbonyl (C=O) groups is 4. The van der Waals surface area contributed by atoms with Crippen molar-refractivity contribution < 1.29 is 59.3 Å². The third-order valence-corrected chi connectivity index (χ3v) is 22.0. The summed E-state index contributed by atoms with van der Waals surface area (Å²) in [7, 11) is -2.00. The van der Waals surface area contributed by atoms with Crippen LogP contribution in [0.3, 0.4) is 0 Å². The Kier molecular flexibility index (Phi) is 50.6. The Morgan fingerprint density at radius 3 is 1.69 bits per heavy atom. The summed E-state index contributed by atoms with van der Waals surface area (Å²) in [5, 5.41) is 74.5. The van der Waals surface area contributed by atoms with E-state index in [4.69, 9.17) is 4.43 Å². The second kappa shape index (κ2) is 51.9. The van der Waals surface area contributed by atoms with Gasteiger partial charge in [-0.2, -0.15) is 0 Å². The van der Waals surface area contributed by atoms with Crippen molar-refractivity contribution in [2.75, 3.05) is 39.5 Å². The lowest BCUT2D eigenvalue weighted by Gasteiger charge is -2.42. The van der Waals surface area contributed by atoms with Gasteiger partial charge in [0.05, 0.1) is 50.8 Å². The van der Waals surface area contributed by atoms with Crippen LogP contribution >= 0.6 is 0 Å². The third kappa shape index (κ3) is 41.8. The van der Waals surface area contributed by atoms with Gasteiger partial charge in [-0.25, -0.2) is 0 Å². The van der Waals surface area contributed by atoms with E-state index in [-0.39, 0.29) is 96.7 Å². The van der Waals surface area contributed by atoms with E-state index in [1.807, 2.05) is 103 Å². The summed E-state index contributed by atoms with van der Waals surface area (Å²) < 4.78 is 6.68. The van der Waals surface area contributed by atoms with Gasteiger partial charge in [-0.15, -0.1) is 26.3 Å². The van der Waals surface area contributed by atoms with E-state index < -0.39 is 26.6 Å². The summed E-state index contributed by atoms with van der Waals surface area (Å²) in [6, 6.07) is 0. The number of nitrogens with one attached hydrogen (secondary N) is 2. The molecule has 1 heterocycles. The molecule has 0 spiro atoms. The third-order valence-electron chi connectivity index (χ3n) is 17.5. The molecule has 0 fully saturated rings. The van der Waals surface area contributed by atoms with Gasteiger partial charge in [0, 0.05) is 93.0 Å². The summed E-state index contributed by atoms with van der Waals surface area (Å²) in [5.74, 6) is -0.126. The monoisotopic (exact) mass is 1290 g/mol. The van der Waals surface area contributed by atoms with Gasteiger partial charge in [0.2, 0.25) is 11.8 Å². The number of unbranched alkanes of at least 4 members (excludes halogenated alkanes) is 4. The van der Waals surface area contributed by atoms with Crippen molar-refractivity contribution in [3.63, 3.8) is 0 Å². The maximum Gasteiger partial charge on any atom is 0.220 e. The molecule has 0 bridgehead atoms. The Morgan fingerprint density at radius 1 is 0.692 bits per heavy atom. The maximum absolute atomic E-state index is 12.0. The fraction of sp³-hybridized carbons (Fsp3) is 0.684. The molecule has 0 saturated carbocycles. The van der Waals surface area contributed by atoms with Crippen LogP contribution in [0.25, 0.3) is 0 Å². The summed E-state index contributed by atoms with van der Waals surface area (Å²) in [6.45, 7) is 42.8. The van der Waals surface area contributed by atoms with Gasteiger partial charge < -0.3 is 50.8 Å². The Hall–Kier alpha value is -4.42. The number of rotatable bonds is 29. The van der Waals surface area contributed by atoms with E-state index in [0.29, 0.717) is 63.2 Å². The van der Waals surface area contributed by atoms with Gasteiger partial charge in [0.15, 0.2) is 8.32 Å². The number of aliphatic hydroxyl groups is 7. The highest BCUT2D eigenvalue weighted by Crippen LogP contribution is 2.39. The molecule has 2 amide bonds. The van der Waals surface area contributed by atoms with E-state index in [2.05, 4.69) is 83.8 Å². The van der Waals surface area contributed by atoms with E-state index in [9.17, 15) is 54.9 Å². The van der Waals surface area contributed by atoms with Gasteiger partial charge in [-0.05, 0) is 142 Å². The lowest BCUT2D eigenvalue weighted by atomic mass is 9.89. The molecule has 15 heteroatoms. The molecule has 0 radical (unpaired) electrons. The number of ketones is 2. The number of amides is 2. The molecule has 0 aromatic rings. The smallest absolute Gasteiger partial charge is 0.220 e. The molecule has 14 nitrogen and oxygen atoms in total. The first kappa shape index (κ1) is 88.6. The molecule has 2 rings (SSSR count). The fourth-order valence-electron chi connectivity index (χ4n) is 10.4. The van der Waals surface area contributed by atoms with Gasteiger partial charge >= 0.3 is 0 Å². The Labute approximate surface area is 554 Å². The standard InChI is InChI=1S/C24H45NO3Si.C19H32O3.C17H28O3.C16H27NO3/c1-10-12-13-14-15-22(27)25-17-19(3)16-20(4)23(21(11-2)18-26)28-29(8,9)24(5,6)7;1-5-7-8-9-10-18(21)12-11-15(3)13-16(4)19(22)17(6-2)14-20;1-13-9-10-16(19)8-6-4-3-5-7-15(12-18)17(20)14(2)11-13;1-12-9-13(2)16(20)14(11-18)7-5-3-4-6-8-15(19)17-10-12/h10-11,16,20-21,23,26H,1-2,12-15,17-18H2,3-9H3,(H,25,27);5-6,13,16-17,19-20,22H,1-2,7-12,14H2,3-4H3;5,7,11,14-15,17-18,20H,3-4,6,8-10,12H2,1-2H3;5,7,9,13-14,16,18,20H,3-4,6,8,10-11H2,1-2H3,(H,17,19)/b19-16-;15-13-;7-5+,13-11-;7-5+,12-9-/t20-,21-,23+;16-,17-,19+;14-,15-,17+;13-,14-,16+/m1111/s1. The zero-order chi connectivity index (χ0) is 69.5. The quantitative estimate of drug-likeness (QED) is 0.0193. The Balaban J connectivity index is 0. The predicted molar refractivity (Wildman–Crippen MR) is 382 cm³/mol. The number of carbonyl (C=O) groups excluding carboxylic acids is 4. The first-order chi connectivity index (χ1) is 42.9. The normalized spacial score (nSPS) is 24.2. The van der Waals surface area contributed by atoms with Crippen LogP contribution in [0.1, 0.15) is 205 Å². The van der Waals surface area contributed by atoms with Gasteiger partial charge in [-0.1, -0.05) is 144 Å². The van der Waals surface area contributed by atoms with Crippen molar-refractivity contribution in [2.45, 2.75) is 247 Å². The molecule has 522 valence electrons. The zero-order valence-corrected chi connectivity index (χ0v) is 60.2. The second-order valence-corrected chi connectivity index (χ2v) is 32.0. The summed E-state index contributed by atoms with van der Waals surface area (Å²) in [5.41, 5.74) is 4.37. The SMILES string of the molecule is C/C1=C/[C@@H](C)[C@H](O)[C@@H](CO)/C=C/CCCCC(=O)CC1.C/C1=C/[C@@H](C)[C@H](O)[C@@H](CO)/C=C/CCCCC(=O)NC1.C=CCCCCC(=O)CC/C(C)=C\[C@@H](C)[C@H](O)[C@H](C=C)CO.C=CCCCCC(=O)NC/C(C)=C\[C@@H](C)[C@H](O[Si](C)(C)C(C)(C)C)[C@H](C=C)CO. The summed E-state index contributed by atoms with van der Waals surface area (Å²) in [6.07, 6.45) is 37.5. The van der Waals surface area contributed by atoms with Gasteiger partial charge in [0.25, 0.3) is 0 Å². The molecular formula is C76H132N2O12Si. The van der Waals surface area contributed by atoms with Crippen LogP contribution in [-0.2, 0) is 23.6 Å². The fourth-order valence-corrected chi connectivity index (χ4v) is 11.8. The molecule has 91 heavy (non-hydrogen) atoms. The van der Waals surface area contributed by atoms with E-state index in [0.717, 1.165) is 112 Å². The number of allylic oxidation sites excluding steroid dienone is 6. The second-order valence-electron chi connectivity index (χ2n) is 27.2. The topological polar surface area (TPSA) is 243 Å². The molecule has 2 aliphatic rings. The lowest BCUT2D eigenvalue weighted by Crippen LogP contribution is -2.47. The molecular weight excluding hydrogens is 1160 g/mol. The zero-order valence-electron chi connectivity index (χ0n) is 59.2. The largest absolute Gasteiger partial charge is 0.413 e. The van der Waals surface area contributed by atoms with Gasteiger partial charge in [-0.3, -0.25) is 19.2 Å². The summed E-state index contributed by atoms with van der Waals surface area (Å²) >= 11 is 0. The van der Waals surface area contributed by atoms with Gasteiger partial charge in [0.1, 0.15) is 11.6 Å². The van der Waals surface area contributed by atoms with Crippen LogP contribution in [0.2, 0.25) is 18.1 Å². The highest BCUT2D eigenvalue weighted by Gasteiger charge is 2.41. The van der Waals surface area contributed by atoms with Crippen LogP contribution in [0.5, 0.6) is 0 Å². The van der Waals surface area contributed by atoms with Crippen molar-refractivity contribution in [2.24, 2.45) is 47.3 Å². The highest BCUT2D eigenvalue weighted by atomic mass is 28.4. The molecule has 0 aromatic heterocycles. The molecule has 0 saturated heterocycles. The van der Waals surface area contributed by atoms with Crippen LogP contribution in [0.4, 0.5) is 0 Å². The van der Waals surface area contributed by atoms with Crippen molar-refractivity contribution in [3.8, 4) is 0 Å². The average molecular weight is 1290 g/mol. The molecule has 9 N–H and O–H groups in total. The first-order valence-electron chi connectivity index (χ1n) is 34.2. The molecule has 1 aliphatic carbocycles. The van der Waals surface area contributed by atoms with Crippen molar-refractivity contribution >= 4 is 31.7 Å². The molecule has 0 aromatic carbocycles. The van der Waals surface area contributed by atoms with Crippen molar-refractivity contribution in [3.05, 3.63) is 122 Å². The number of Topliss-reactive ketones (excluding diaryl/α,β-unsaturated/α-hetero) is 2. The van der Waals surface area contributed by atoms with Crippen LogP contribution < -0.4 is 10.6 Å². The predicted octanol–water partition coefficient (Wildman–Crippen LogP) is 14.2. The number of hydrogen-bond donors (Lipinski definition) is 9. The van der Waals surface area contributed by atoms with Crippen LogP contribution in [0.15, 0.2) is 122 Å². The maximum atomic E-state index is 12.0. The molecule has 1 aliphatic heterocycles. The van der Waals surface area contributed by atoms with Crippen molar-refractivity contribution in [1.82, 2.24) is 10.6 Å². The first-order valence-corrected chi connectivity index (χ1v) is 37.1. The average Bonchev–Trinajstić information content (AvgIpc) is 1.97. The minimum absolute atomic E-state index is 0.0153. The van der Waals surface area contributed by atoms with E-state index in [1.165, 1.54) is 0 Å². The molecule has 12 atom stereocenters. The minimum atomic E-state index is -2.00. The Bertz CT molecular complexity index is 2190. The summed E-state index contributed by atoms with van der Waals surface area (Å²) in [4.78, 5) is 47.1. The highest BCUT2D eigenvalue weighted by molar-refractivity contribution is 6.74.